The molecule has 5 rings (SSSR count). The van der Waals surface area contributed by atoms with Gasteiger partial charge in [0.05, 0.1) is 13.2 Å². The Morgan fingerprint density at radius 1 is 1.00 bits per heavy atom. The maximum Gasteiger partial charge on any atom is 0.134 e. The molecule has 2 aromatic heterocycles. The van der Waals surface area contributed by atoms with E-state index < -0.39 is 0 Å². The number of aromatic amines is 1. The summed E-state index contributed by atoms with van der Waals surface area (Å²) in [7, 11) is 0. The van der Waals surface area contributed by atoms with Crippen molar-refractivity contribution in [3.63, 3.8) is 0 Å². The van der Waals surface area contributed by atoms with Crippen LogP contribution in [-0.4, -0.2) is 60.4 Å². The monoisotopic (exact) mass is 364 g/mol. The van der Waals surface area contributed by atoms with Crippen molar-refractivity contribution in [2.24, 2.45) is 0 Å². The molecule has 1 unspecified atom stereocenters. The number of ether oxygens (including phenoxy) is 1. The van der Waals surface area contributed by atoms with E-state index in [1.54, 1.807) is 6.33 Å². The van der Waals surface area contributed by atoms with Gasteiger partial charge in [0.25, 0.3) is 0 Å². The first-order valence-corrected chi connectivity index (χ1v) is 9.58. The van der Waals surface area contributed by atoms with E-state index in [1.807, 2.05) is 6.20 Å². The van der Waals surface area contributed by atoms with Crippen LogP contribution in [0, 0.1) is 0 Å². The van der Waals surface area contributed by atoms with Gasteiger partial charge in [-0.25, -0.2) is 9.97 Å². The summed E-state index contributed by atoms with van der Waals surface area (Å²) in [5.74, 6) is 2.01. The number of benzene rings is 1. The lowest BCUT2D eigenvalue weighted by atomic mass is 10.2. The highest BCUT2D eigenvalue weighted by molar-refractivity contribution is 5.82. The van der Waals surface area contributed by atoms with Gasteiger partial charge < -0.3 is 24.8 Å². The molecule has 0 aliphatic carbocycles. The van der Waals surface area contributed by atoms with E-state index in [0.29, 0.717) is 6.04 Å². The zero-order chi connectivity index (χ0) is 18.1. The third-order valence-corrected chi connectivity index (χ3v) is 5.41. The SMILES string of the molecule is c1nc(N2CCOCC2)cc(N2CCC(Nc3ccc4cc[nH]c4c3)C2)n1. The average Bonchev–Trinajstić information content (AvgIpc) is 3.38. The van der Waals surface area contributed by atoms with Gasteiger partial charge in [-0.05, 0) is 30.0 Å². The Bertz CT molecular complexity index is 919. The lowest BCUT2D eigenvalue weighted by Gasteiger charge is -2.28. The molecule has 2 aliphatic heterocycles. The standard InChI is InChI=1S/C20H24N6O/c1-2-16(11-18-15(1)3-5-21-18)24-17-4-6-26(13-17)20-12-19(22-14-23-20)25-7-9-27-10-8-25/h1-3,5,11-12,14,17,21,24H,4,6-10,13H2. The first-order valence-electron chi connectivity index (χ1n) is 9.58. The molecule has 4 heterocycles. The third-order valence-electron chi connectivity index (χ3n) is 5.41. The second kappa shape index (κ2) is 7.08. The smallest absolute Gasteiger partial charge is 0.134 e. The first kappa shape index (κ1) is 16.4. The lowest BCUT2D eigenvalue weighted by molar-refractivity contribution is 0.122. The minimum atomic E-state index is 0.416. The molecule has 0 radical (unpaired) electrons. The predicted octanol–water partition coefficient (Wildman–Crippen LogP) is 2.49. The molecule has 1 aromatic carbocycles. The van der Waals surface area contributed by atoms with Crippen LogP contribution in [0.4, 0.5) is 17.3 Å². The lowest BCUT2D eigenvalue weighted by Crippen LogP contribution is -2.37. The molecule has 2 fully saturated rings. The molecule has 7 nitrogen and oxygen atoms in total. The Balaban J connectivity index is 1.26. The summed E-state index contributed by atoms with van der Waals surface area (Å²) in [6.07, 6.45) is 4.76. The van der Waals surface area contributed by atoms with E-state index in [9.17, 15) is 0 Å². The highest BCUT2D eigenvalue weighted by atomic mass is 16.5. The number of nitrogens with one attached hydrogen (secondary N) is 2. The maximum absolute atomic E-state index is 5.44. The molecular weight excluding hydrogens is 340 g/mol. The summed E-state index contributed by atoms with van der Waals surface area (Å²) in [5, 5.41) is 4.91. The second-order valence-electron chi connectivity index (χ2n) is 7.19. The van der Waals surface area contributed by atoms with Crippen LogP contribution in [0.5, 0.6) is 0 Å². The van der Waals surface area contributed by atoms with Crippen molar-refractivity contribution in [1.29, 1.82) is 0 Å². The van der Waals surface area contributed by atoms with Gasteiger partial charge in [-0.3, -0.25) is 0 Å². The fourth-order valence-corrected chi connectivity index (χ4v) is 3.94. The summed E-state index contributed by atoms with van der Waals surface area (Å²) >= 11 is 0. The number of morpholine rings is 1. The molecular formula is C20H24N6O. The van der Waals surface area contributed by atoms with Crippen molar-refractivity contribution in [3.05, 3.63) is 42.9 Å². The number of rotatable bonds is 4. The Morgan fingerprint density at radius 2 is 1.85 bits per heavy atom. The van der Waals surface area contributed by atoms with E-state index in [-0.39, 0.29) is 0 Å². The summed E-state index contributed by atoms with van der Waals surface area (Å²) in [6.45, 7) is 5.26. The van der Waals surface area contributed by atoms with Gasteiger partial charge in [-0.2, -0.15) is 0 Å². The largest absolute Gasteiger partial charge is 0.380 e. The zero-order valence-electron chi connectivity index (χ0n) is 15.3. The minimum Gasteiger partial charge on any atom is -0.380 e. The highest BCUT2D eigenvalue weighted by Gasteiger charge is 2.24. The van der Waals surface area contributed by atoms with Crippen LogP contribution in [-0.2, 0) is 4.74 Å². The minimum absolute atomic E-state index is 0.416. The number of fused-ring (bicyclic) bond motifs is 1. The summed E-state index contributed by atoms with van der Waals surface area (Å²) in [5.41, 5.74) is 2.33. The molecule has 2 saturated heterocycles. The van der Waals surface area contributed by atoms with Gasteiger partial charge >= 0.3 is 0 Å². The molecule has 0 spiro atoms. The molecule has 1 atom stereocenters. The van der Waals surface area contributed by atoms with E-state index >= 15 is 0 Å². The van der Waals surface area contributed by atoms with Gasteiger partial charge in [0.15, 0.2) is 0 Å². The Hall–Kier alpha value is -2.80. The van der Waals surface area contributed by atoms with Crippen molar-refractivity contribution in [2.45, 2.75) is 12.5 Å². The van der Waals surface area contributed by atoms with E-state index in [0.717, 1.165) is 63.1 Å². The molecule has 0 bridgehead atoms. The fraction of sp³-hybridized carbons (Fsp3) is 0.400. The molecule has 140 valence electrons. The topological polar surface area (TPSA) is 69.3 Å². The van der Waals surface area contributed by atoms with Gasteiger partial charge in [-0.15, -0.1) is 0 Å². The van der Waals surface area contributed by atoms with Crippen LogP contribution in [0.15, 0.2) is 42.9 Å². The van der Waals surface area contributed by atoms with Gasteiger partial charge in [0, 0.05) is 55.7 Å². The number of hydrogen-bond acceptors (Lipinski definition) is 6. The van der Waals surface area contributed by atoms with E-state index in [1.165, 1.54) is 10.9 Å². The molecule has 2 N–H and O–H groups in total. The molecule has 2 aliphatic rings. The summed E-state index contributed by atoms with van der Waals surface area (Å²) in [6, 6.07) is 11.1. The van der Waals surface area contributed by atoms with Crippen LogP contribution in [0.3, 0.4) is 0 Å². The number of aromatic nitrogens is 3. The Morgan fingerprint density at radius 3 is 2.74 bits per heavy atom. The van der Waals surface area contributed by atoms with E-state index in [2.05, 4.69) is 60.4 Å². The van der Waals surface area contributed by atoms with Crippen molar-refractivity contribution in [1.82, 2.24) is 15.0 Å². The fourth-order valence-electron chi connectivity index (χ4n) is 3.94. The van der Waals surface area contributed by atoms with Crippen LogP contribution in [0.1, 0.15) is 6.42 Å². The summed E-state index contributed by atoms with van der Waals surface area (Å²) in [4.78, 5) is 16.9. The maximum atomic E-state index is 5.44. The van der Waals surface area contributed by atoms with Gasteiger partial charge in [0.1, 0.15) is 18.0 Å². The third kappa shape index (κ3) is 3.42. The molecule has 0 amide bonds. The van der Waals surface area contributed by atoms with Crippen LogP contribution >= 0.6 is 0 Å². The number of H-pyrrole nitrogens is 1. The van der Waals surface area contributed by atoms with E-state index in [4.69, 9.17) is 4.74 Å². The second-order valence-corrected chi connectivity index (χ2v) is 7.19. The normalized spacial score (nSPS) is 20.4. The van der Waals surface area contributed by atoms with Crippen LogP contribution in [0.2, 0.25) is 0 Å². The van der Waals surface area contributed by atoms with Crippen molar-refractivity contribution in [3.8, 4) is 0 Å². The predicted molar refractivity (Wildman–Crippen MR) is 108 cm³/mol. The Labute approximate surface area is 158 Å². The molecule has 3 aromatic rings. The number of anilines is 3. The number of nitrogens with zero attached hydrogens (tertiary/aromatic N) is 4. The number of hydrogen-bond donors (Lipinski definition) is 2. The first-order chi connectivity index (χ1) is 13.3. The van der Waals surface area contributed by atoms with Crippen LogP contribution in [0.25, 0.3) is 10.9 Å². The van der Waals surface area contributed by atoms with Crippen molar-refractivity contribution < 1.29 is 4.74 Å². The van der Waals surface area contributed by atoms with Gasteiger partial charge in [-0.1, -0.05) is 6.07 Å². The zero-order valence-corrected chi connectivity index (χ0v) is 15.3. The van der Waals surface area contributed by atoms with Gasteiger partial charge in [0.2, 0.25) is 0 Å². The van der Waals surface area contributed by atoms with Crippen LogP contribution < -0.4 is 15.1 Å². The average molecular weight is 364 g/mol. The molecule has 0 saturated carbocycles. The molecule has 27 heavy (non-hydrogen) atoms. The molecule has 7 heteroatoms. The summed E-state index contributed by atoms with van der Waals surface area (Å²) < 4.78 is 5.44. The quantitative estimate of drug-likeness (QED) is 0.741. The highest BCUT2D eigenvalue weighted by Crippen LogP contribution is 2.25. The van der Waals surface area contributed by atoms with Crippen molar-refractivity contribution in [2.75, 3.05) is 54.5 Å². The van der Waals surface area contributed by atoms with Crippen molar-refractivity contribution >= 4 is 28.2 Å². The Kier molecular flexibility index (Phi) is 4.29.